The zero-order chi connectivity index (χ0) is 24.3. The van der Waals surface area contributed by atoms with Gasteiger partial charge in [0.2, 0.25) is 0 Å². The summed E-state index contributed by atoms with van der Waals surface area (Å²) in [5.41, 5.74) is 2.52. The van der Waals surface area contributed by atoms with Crippen molar-refractivity contribution < 1.29 is 58.2 Å². The summed E-state index contributed by atoms with van der Waals surface area (Å²) in [5, 5.41) is 23.8. The van der Waals surface area contributed by atoms with Gasteiger partial charge in [-0.3, -0.25) is 0 Å². The van der Waals surface area contributed by atoms with E-state index >= 15 is 0 Å². The zero-order valence-electron chi connectivity index (χ0n) is 19.4. The van der Waals surface area contributed by atoms with Crippen LogP contribution in [0.4, 0.5) is 4.39 Å². The van der Waals surface area contributed by atoms with Crippen molar-refractivity contribution in [2.24, 2.45) is 5.16 Å². The summed E-state index contributed by atoms with van der Waals surface area (Å²) in [4.78, 5) is 15.6. The van der Waals surface area contributed by atoms with Crippen LogP contribution >= 0.6 is 0 Å². The Hall–Kier alpha value is -3.38. The number of hydrogen-bond donors (Lipinski definition) is 0. The molecule has 9 heteroatoms. The molecule has 3 rings (SSSR count). The van der Waals surface area contributed by atoms with E-state index in [9.17, 15) is 14.3 Å². The first-order valence-electron chi connectivity index (χ1n) is 10.4. The normalized spacial score (nSPS) is 11.5. The molecule has 0 fully saturated rings. The first kappa shape index (κ1) is 27.9. The minimum absolute atomic E-state index is 0. The van der Waals surface area contributed by atoms with Crippen molar-refractivity contribution in [2.75, 3.05) is 13.7 Å². The minimum Gasteiger partial charge on any atom is -0.550 e. The van der Waals surface area contributed by atoms with Crippen LogP contribution in [-0.2, 0) is 16.2 Å². The van der Waals surface area contributed by atoms with Gasteiger partial charge in [0.25, 0.3) is 0 Å². The topological polar surface area (TPSA) is 104 Å². The summed E-state index contributed by atoms with van der Waals surface area (Å²) in [7, 11) is 1.41. The number of carbonyl (C=O) groups excluding carboxylic acids is 1. The molecule has 3 aromatic carbocycles. The molecule has 174 valence electrons. The van der Waals surface area contributed by atoms with Crippen LogP contribution in [-0.4, -0.2) is 25.4 Å². The molecule has 0 N–H and O–H groups in total. The van der Waals surface area contributed by atoms with Gasteiger partial charge >= 0.3 is 29.6 Å². The number of carboxylic acid groups (broad SMARTS) is 1. The maximum absolute atomic E-state index is 13.5. The molecule has 1 atom stereocenters. The zero-order valence-corrected chi connectivity index (χ0v) is 21.4. The van der Waals surface area contributed by atoms with Crippen molar-refractivity contribution in [2.45, 2.75) is 18.9 Å². The van der Waals surface area contributed by atoms with Crippen molar-refractivity contribution in [1.29, 1.82) is 5.26 Å². The number of oxime groups is 1. The smallest absolute Gasteiger partial charge is 0.550 e. The fourth-order valence-corrected chi connectivity index (χ4v) is 3.14. The van der Waals surface area contributed by atoms with E-state index in [-0.39, 0.29) is 48.4 Å². The van der Waals surface area contributed by atoms with Gasteiger partial charge in [-0.1, -0.05) is 41.6 Å². The molecule has 0 aromatic heterocycles. The molecule has 0 aliphatic heterocycles. The Morgan fingerprint density at radius 1 is 1.06 bits per heavy atom. The number of carboxylic acids is 1. The number of hydrogen-bond acceptors (Lipinski definition) is 7. The van der Waals surface area contributed by atoms with Crippen LogP contribution in [0.2, 0.25) is 0 Å². The second kappa shape index (κ2) is 14.1. The Morgan fingerprint density at radius 2 is 1.71 bits per heavy atom. The molecule has 3 aromatic rings. The molecular weight excluding hydrogens is 462 g/mol. The summed E-state index contributed by atoms with van der Waals surface area (Å²) >= 11 is 0. The average Bonchev–Trinajstić information content (AvgIpc) is 2.84. The Labute approximate surface area is 225 Å². The fraction of sp³-hybridized carbons (Fsp3) is 0.192. The second-order valence-corrected chi connectivity index (χ2v) is 7.28. The number of nitriles is 1. The molecule has 0 radical (unpaired) electrons. The third kappa shape index (κ3) is 8.72. The maximum Gasteiger partial charge on any atom is 1.00 e. The Kier molecular flexibility index (Phi) is 11.2. The van der Waals surface area contributed by atoms with E-state index in [0.29, 0.717) is 34.9 Å². The Balaban J connectivity index is 0.00000432. The molecule has 1 unspecified atom stereocenters. The quantitative estimate of drug-likeness (QED) is 0.224. The minimum atomic E-state index is -1.27. The second-order valence-electron chi connectivity index (χ2n) is 7.28. The van der Waals surface area contributed by atoms with E-state index in [4.69, 9.17) is 19.6 Å². The van der Waals surface area contributed by atoms with Crippen LogP contribution in [0.1, 0.15) is 29.0 Å². The predicted octanol–water partition coefficient (Wildman–Crippen LogP) is 0.585. The van der Waals surface area contributed by atoms with Gasteiger partial charge in [0.15, 0.2) is 0 Å². The van der Waals surface area contributed by atoms with Gasteiger partial charge in [0.1, 0.15) is 43.4 Å². The van der Waals surface area contributed by atoms with Gasteiger partial charge in [0.05, 0.1) is 12.0 Å². The number of nitrogens with zero attached hydrogens (tertiary/aromatic N) is 2. The van der Waals surface area contributed by atoms with Crippen molar-refractivity contribution in [3.63, 3.8) is 0 Å². The fourth-order valence-electron chi connectivity index (χ4n) is 3.14. The Bertz CT molecular complexity index is 1180. The van der Waals surface area contributed by atoms with Crippen LogP contribution in [0.3, 0.4) is 0 Å². The molecule has 7 nitrogen and oxygen atoms in total. The molecule has 0 saturated heterocycles. The summed E-state index contributed by atoms with van der Waals surface area (Å²) in [6.07, 6.45) is -0.355. The SMILES string of the molecule is CO/N=C(\COc1ccc(COc2ccc(C(C#N)CC(=O)[O-])cc2)cc1)c1cccc(F)c1.[Na+]. The third-order valence-electron chi connectivity index (χ3n) is 4.87. The molecule has 0 amide bonds. The van der Waals surface area contributed by atoms with Crippen LogP contribution in [0.25, 0.3) is 0 Å². The monoisotopic (exact) mass is 484 g/mol. The third-order valence-corrected chi connectivity index (χ3v) is 4.87. The molecule has 35 heavy (non-hydrogen) atoms. The Morgan fingerprint density at radius 3 is 2.31 bits per heavy atom. The van der Waals surface area contributed by atoms with Crippen molar-refractivity contribution >= 4 is 11.7 Å². The molecular formula is C26H22FN2NaO5. The predicted molar refractivity (Wildman–Crippen MR) is 121 cm³/mol. The summed E-state index contributed by atoms with van der Waals surface area (Å²) in [5.74, 6) is -1.21. The number of ether oxygens (including phenoxy) is 2. The van der Waals surface area contributed by atoms with E-state index in [1.807, 2.05) is 18.2 Å². The van der Waals surface area contributed by atoms with Gasteiger partial charge in [-0.15, -0.1) is 0 Å². The number of carbonyl (C=O) groups is 1. The van der Waals surface area contributed by atoms with E-state index in [1.165, 1.54) is 19.2 Å². The molecule has 0 bridgehead atoms. The molecule has 0 aliphatic carbocycles. The molecule has 0 spiro atoms. The number of halogens is 1. The van der Waals surface area contributed by atoms with E-state index < -0.39 is 11.9 Å². The molecule has 0 saturated carbocycles. The van der Waals surface area contributed by atoms with Gasteiger partial charge in [-0.2, -0.15) is 5.26 Å². The van der Waals surface area contributed by atoms with Gasteiger partial charge in [0, 0.05) is 18.0 Å². The van der Waals surface area contributed by atoms with Crippen LogP contribution in [0, 0.1) is 17.1 Å². The van der Waals surface area contributed by atoms with Gasteiger partial charge in [-0.25, -0.2) is 4.39 Å². The van der Waals surface area contributed by atoms with Gasteiger partial charge < -0.3 is 24.2 Å². The number of benzene rings is 3. The van der Waals surface area contributed by atoms with Crippen LogP contribution in [0.15, 0.2) is 78.0 Å². The maximum atomic E-state index is 13.5. The number of aliphatic carboxylic acids is 1. The first-order chi connectivity index (χ1) is 16.5. The number of rotatable bonds is 11. The van der Waals surface area contributed by atoms with Crippen molar-refractivity contribution in [3.8, 4) is 17.6 Å². The summed E-state index contributed by atoms with van der Waals surface area (Å²) in [6, 6.07) is 22.0. The van der Waals surface area contributed by atoms with E-state index in [2.05, 4.69) is 5.16 Å². The van der Waals surface area contributed by atoms with Crippen molar-refractivity contribution in [1.82, 2.24) is 0 Å². The van der Waals surface area contributed by atoms with E-state index in [1.54, 1.807) is 48.5 Å². The van der Waals surface area contributed by atoms with Gasteiger partial charge in [-0.05, 0) is 47.5 Å². The standard InChI is InChI=1S/C26H23FN2O5.Na/c1-32-29-25(20-3-2-4-22(27)13-20)17-34-23-9-5-18(6-10-23)16-33-24-11-7-19(8-12-24)21(15-28)14-26(30)31;/h2-13,21H,14,16-17H2,1H3,(H,30,31);/q;+1/p-1/b29-25+;. The summed E-state index contributed by atoms with van der Waals surface area (Å²) in [6.45, 7) is 0.404. The van der Waals surface area contributed by atoms with Crippen molar-refractivity contribution in [3.05, 3.63) is 95.3 Å². The average molecular weight is 484 g/mol. The molecule has 0 heterocycles. The molecule has 0 aliphatic rings. The van der Waals surface area contributed by atoms with Crippen LogP contribution in [0.5, 0.6) is 11.5 Å². The first-order valence-corrected chi connectivity index (χ1v) is 10.4. The van der Waals surface area contributed by atoms with Crippen LogP contribution < -0.4 is 44.1 Å². The largest absolute Gasteiger partial charge is 1.00 e. The summed E-state index contributed by atoms with van der Waals surface area (Å²) < 4.78 is 25.0. The van der Waals surface area contributed by atoms with E-state index in [0.717, 1.165) is 5.56 Å².